The molecular weight excluding hydrogens is 409 g/mol. The van der Waals surface area contributed by atoms with Crippen molar-refractivity contribution in [2.24, 2.45) is 0 Å². The van der Waals surface area contributed by atoms with E-state index in [1.54, 1.807) is 12.1 Å². The van der Waals surface area contributed by atoms with Crippen LogP contribution in [0.2, 0.25) is 5.02 Å². The van der Waals surface area contributed by atoms with Crippen LogP contribution in [-0.2, 0) is 6.42 Å². The van der Waals surface area contributed by atoms with Gasteiger partial charge in [0.25, 0.3) is 5.69 Å². The fraction of sp³-hybridized carbons (Fsp3) is 0.143. The summed E-state index contributed by atoms with van der Waals surface area (Å²) in [6.07, 6.45) is 0.742. The standard InChI is InChI=1S/C14H10Br2ClNO2/c15-12(10-3-6-14(17)13(16)8-10)7-9-1-4-11(5-2-9)18(19)20/h1-6,8,12H,7H2. The minimum absolute atomic E-state index is 0.106. The van der Waals surface area contributed by atoms with Gasteiger partial charge < -0.3 is 0 Å². The molecule has 0 radical (unpaired) electrons. The average molecular weight is 420 g/mol. The first kappa shape index (κ1) is 15.5. The van der Waals surface area contributed by atoms with E-state index in [0.29, 0.717) is 5.02 Å². The van der Waals surface area contributed by atoms with Crippen molar-refractivity contribution in [1.29, 1.82) is 0 Å². The summed E-state index contributed by atoms with van der Waals surface area (Å²) in [5.74, 6) is 0. The zero-order chi connectivity index (χ0) is 14.7. The van der Waals surface area contributed by atoms with Gasteiger partial charge in [-0.3, -0.25) is 10.1 Å². The van der Waals surface area contributed by atoms with E-state index in [1.165, 1.54) is 12.1 Å². The van der Waals surface area contributed by atoms with Gasteiger partial charge in [0.2, 0.25) is 0 Å². The molecule has 0 aliphatic carbocycles. The summed E-state index contributed by atoms with van der Waals surface area (Å²) in [7, 11) is 0. The fourth-order valence-electron chi connectivity index (χ4n) is 1.79. The fourth-order valence-corrected chi connectivity index (χ4v) is 2.96. The molecule has 2 aromatic rings. The van der Waals surface area contributed by atoms with Crippen LogP contribution in [0, 0.1) is 10.1 Å². The molecule has 2 rings (SSSR count). The highest BCUT2D eigenvalue weighted by Gasteiger charge is 2.11. The van der Waals surface area contributed by atoms with Crippen molar-refractivity contribution >= 4 is 49.1 Å². The quantitative estimate of drug-likeness (QED) is 0.363. The Morgan fingerprint density at radius 1 is 1.20 bits per heavy atom. The van der Waals surface area contributed by atoms with E-state index in [4.69, 9.17) is 11.6 Å². The second kappa shape index (κ2) is 6.70. The first-order valence-electron chi connectivity index (χ1n) is 5.79. The topological polar surface area (TPSA) is 43.1 Å². The second-order valence-corrected chi connectivity index (χ2v) is 6.64. The molecule has 6 heteroatoms. The van der Waals surface area contributed by atoms with Crippen LogP contribution in [-0.4, -0.2) is 4.92 Å². The van der Waals surface area contributed by atoms with Crippen LogP contribution in [0.25, 0.3) is 0 Å². The molecule has 0 fully saturated rings. The lowest BCUT2D eigenvalue weighted by molar-refractivity contribution is -0.384. The van der Waals surface area contributed by atoms with Gasteiger partial charge in [0, 0.05) is 21.4 Å². The Kier molecular flexibility index (Phi) is 5.18. The molecule has 0 aromatic heterocycles. The summed E-state index contributed by atoms with van der Waals surface area (Å²) in [6, 6.07) is 12.4. The molecule has 0 saturated heterocycles. The largest absolute Gasteiger partial charge is 0.269 e. The first-order chi connectivity index (χ1) is 9.47. The Hall–Kier alpha value is -0.910. The Morgan fingerprint density at radius 3 is 2.40 bits per heavy atom. The summed E-state index contributed by atoms with van der Waals surface area (Å²) in [5, 5.41) is 11.3. The van der Waals surface area contributed by atoms with E-state index >= 15 is 0 Å². The monoisotopic (exact) mass is 417 g/mol. The van der Waals surface area contributed by atoms with Crippen LogP contribution in [0.15, 0.2) is 46.9 Å². The lowest BCUT2D eigenvalue weighted by Gasteiger charge is -2.11. The van der Waals surface area contributed by atoms with Crippen molar-refractivity contribution in [3.63, 3.8) is 0 Å². The summed E-state index contributed by atoms with van der Waals surface area (Å²) in [5.41, 5.74) is 2.23. The number of hydrogen-bond acceptors (Lipinski definition) is 2. The predicted molar refractivity (Wildman–Crippen MR) is 87.6 cm³/mol. The Balaban J connectivity index is 2.12. The Morgan fingerprint density at radius 2 is 1.85 bits per heavy atom. The van der Waals surface area contributed by atoms with Gasteiger partial charge in [-0.15, -0.1) is 0 Å². The molecule has 0 heterocycles. The zero-order valence-corrected chi connectivity index (χ0v) is 14.2. The van der Waals surface area contributed by atoms with E-state index in [2.05, 4.69) is 31.9 Å². The highest BCUT2D eigenvalue weighted by Crippen LogP contribution is 2.32. The van der Waals surface area contributed by atoms with Gasteiger partial charge in [-0.2, -0.15) is 0 Å². The molecule has 0 bridgehead atoms. The summed E-state index contributed by atoms with van der Waals surface area (Å²) >= 11 is 13.0. The summed E-state index contributed by atoms with van der Waals surface area (Å²) < 4.78 is 0.852. The predicted octanol–water partition coefficient (Wildman–Crippen LogP) is 5.69. The number of rotatable bonds is 4. The van der Waals surface area contributed by atoms with Crippen LogP contribution in [0.3, 0.4) is 0 Å². The van der Waals surface area contributed by atoms with E-state index in [1.807, 2.05) is 18.2 Å². The molecule has 20 heavy (non-hydrogen) atoms. The van der Waals surface area contributed by atoms with E-state index < -0.39 is 4.92 Å². The third-order valence-corrected chi connectivity index (χ3v) is 4.93. The highest BCUT2D eigenvalue weighted by atomic mass is 79.9. The molecule has 1 atom stereocenters. The van der Waals surface area contributed by atoms with Crippen molar-refractivity contribution in [2.45, 2.75) is 11.2 Å². The van der Waals surface area contributed by atoms with Gasteiger partial charge in [-0.05, 0) is 45.6 Å². The van der Waals surface area contributed by atoms with Gasteiger partial charge >= 0.3 is 0 Å². The van der Waals surface area contributed by atoms with Crippen molar-refractivity contribution in [3.8, 4) is 0 Å². The van der Waals surface area contributed by atoms with Gasteiger partial charge in [0.1, 0.15) is 0 Å². The molecule has 104 valence electrons. The lowest BCUT2D eigenvalue weighted by atomic mass is 10.0. The van der Waals surface area contributed by atoms with Crippen LogP contribution < -0.4 is 0 Å². The third kappa shape index (κ3) is 3.81. The normalized spacial score (nSPS) is 12.2. The lowest BCUT2D eigenvalue weighted by Crippen LogP contribution is -1.96. The van der Waals surface area contributed by atoms with Crippen LogP contribution >= 0.6 is 43.5 Å². The minimum Gasteiger partial charge on any atom is -0.258 e. The molecular formula is C14H10Br2ClNO2. The molecule has 0 saturated carbocycles. The number of hydrogen-bond donors (Lipinski definition) is 0. The first-order valence-corrected chi connectivity index (χ1v) is 7.88. The van der Waals surface area contributed by atoms with Gasteiger partial charge in [-0.25, -0.2) is 0 Å². The van der Waals surface area contributed by atoms with E-state index in [0.717, 1.165) is 22.0 Å². The zero-order valence-electron chi connectivity index (χ0n) is 10.2. The van der Waals surface area contributed by atoms with E-state index in [9.17, 15) is 10.1 Å². The van der Waals surface area contributed by atoms with E-state index in [-0.39, 0.29) is 10.5 Å². The van der Waals surface area contributed by atoms with Crippen molar-refractivity contribution in [1.82, 2.24) is 0 Å². The number of nitro groups is 1. The molecule has 0 aliphatic heterocycles. The van der Waals surface area contributed by atoms with Gasteiger partial charge in [0.05, 0.1) is 9.95 Å². The van der Waals surface area contributed by atoms with Crippen molar-refractivity contribution in [2.75, 3.05) is 0 Å². The Labute approximate surface area is 138 Å². The summed E-state index contributed by atoms with van der Waals surface area (Å²) in [6.45, 7) is 0. The molecule has 1 unspecified atom stereocenters. The van der Waals surface area contributed by atoms with Crippen LogP contribution in [0.5, 0.6) is 0 Å². The number of alkyl halides is 1. The van der Waals surface area contributed by atoms with Gasteiger partial charge in [-0.1, -0.05) is 45.7 Å². The molecule has 0 amide bonds. The number of nitrogens with zero attached hydrogens (tertiary/aromatic N) is 1. The maximum atomic E-state index is 10.6. The maximum Gasteiger partial charge on any atom is 0.269 e. The molecule has 3 nitrogen and oxygen atoms in total. The minimum atomic E-state index is -0.397. The number of nitro benzene ring substituents is 1. The number of halogens is 3. The SMILES string of the molecule is O=[N+]([O-])c1ccc(CC(Br)c2ccc(Cl)c(Br)c2)cc1. The second-order valence-electron chi connectivity index (χ2n) is 4.27. The van der Waals surface area contributed by atoms with Gasteiger partial charge in [0.15, 0.2) is 0 Å². The number of non-ortho nitro benzene ring substituents is 1. The molecule has 2 aromatic carbocycles. The smallest absolute Gasteiger partial charge is 0.258 e. The summed E-state index contributed by atoms with van der Waals surface area (Å²) in [4.78, 5) is 10.3. The van der Waals surface area contributed by atoms with Crippen LogP contribution in [0.4, 0.5) is 5.69 Å². The third-order valence-electron chi connectivity index (χ3n) is 2.87. The van der Waals surface area contributed by atoms with Crippen molar-refractivity contribution in [3.05, 3.63) is 73.2 Å². The van der Waals surface area contributed by atoms with Crippen LogP contribution in [0.1, 0.15) is 16.0 Å². The highest BCUT2D eigenvalue weighted by molar-refractivity contribution is 9.10. The molecule has 0 aliphatic rings. The Bertz CT molecular complexity index is 632. The average Bonchev–Trinajstić information content (AvgIpc) is 2.42. The van der Waals surface area contributed by atoms with Crippen molar-refractivity contribution < 1.29 is 4.92 Å². The number of benzene rings is 2. The molecule has 0 spiro atoms. The maximum absolute atomic E-state index is 10.6. The molecule has 0 N–H and O–H groups in total.